The molecule has 0 radical (unpaired) electrons. The topological polar surface area (TPSA) is 0 Å². The van der Waals surface area contributed by atoms with Crippen LogP contribution in [-0.2, 0) is 0 Å². The molecule has 2 aliphatic rings. The van der Waals surface area contributed by atoms with Gasteiger partial charge in [-0.05, 0) is 0 Å². The van der Waals surface area contributed by atoms with Gasteiger partial charge >= 0.3 is 0 Å². The third kappa shape index (κ3) is 1.67. The van der Waals surface area contributed by atoms with Crippen LogP contribution in [0.2, 0.25) is 0 Å². The van der Waals surface area contributed by atoms with Crippen LogP contribution in [-0.4, -0.2) is 38.1 Å². The quantitative estimate of drug-likeness (QED) is 0.550. The van der Waals surface area contributed by atoms with Crippen LogP contribution < -0.4 is 0 Å². The Morgan fingerprint density at radius 3 is 1.44 bits per heavy atom. The standard InChI is InChI=1S/C10H10Cl8/c11-1-9(2-12)3-4(13)6(15)10(9,8(17)18)7(16)5(3)14/h3-8H,1-2H2. The first-order valence-electron chi connectivity index (χ1n) is 5.29. The Morgan fingerprint density at radius 1 is 0.833 bits per heavy atom. The minimum atomic E-state index is -0.883. The summed E-state index contributed by atoms with van der Waals surface area (Å²) < 4.78 is 0. The minimum absolute atomic E-state index is 0.208. The summed E-state index contributed by atoms with van der Waals surface area (Å²) in [6.45, 7) is 0. The molecule has 2 fully saturated rings. The molecule has 0 nitrogen and oxygen atoms in total. The Kier molecular flexibility index (Phi) is 5.10. The molecule has 2 rings (SSSR count). The van der Waals surface area contributed by atoms with Crippen molar-refractivity contribution in [2.75, 3.05) is 11.8 Å². The fraction of sp³-hybridized carbons (Fsp3) is 1.00. The van der Waals surface area contributed by atoms with Crippen LogP contribution in [0.25, 0.3) is 0 Å². The molecule has 0 aliphatic heterocycles. The lowest BCUT2D eigenvalue weighted by Crippen LogP contribution is -2.54. The second kappa shape index (κ2) is 5.51. The van der Waals surface area contributed by atoms with Gasteiger partial charge in [-0.3, -0.25) is 0 Å². The summed E-state index contributed by atoms with van der Waals surface area (Å²) in [6.07, 6.45) is 0. The maximum Gasteiger partial charge on any atom is 0.117 e. The Bertz CT molecular complexity index is 312. The van der Waals surface area contributed by atoms with Crippen molar-refractivity contribution in [1.82, 2.24) is 0 Å². The van der Waals surface area contributed by atoms with Crippen LogP contribution in [0.1, 0.15) is 0 Å². The molecule has 8 heteroatoms. The normalized spacial score (nSPS) is 50.2. The van der Waals surface area contributed by atoms with Gasteiger partial charge in [0, 0.05) is 28.5 Å². The van der Waals surface area contributed by atoms with Crippen molar-refractivity contribution >= 4 is 92.8 Å². The van der Waals surface area contributed by atoms with E-state index in [1.165, 1.54) is 0 Å². The number of hydrogen-bond donors (Lipinski definition) is 0. The number of alkyl halides is 8. The van der Waals surface area contributed by atoms with Crippen LogP contribution in [0.5, 0.6) is 0 Å². The average molecular weight is 414 g/mol. The monoisotopic (exact) mass is 410 g/mol. The van der Waals surface area contributed by atoms with Gasteiger partial charge in [-0.1, -0.05) is 0 Å². The molecular formula is C10H10Cl8. The minimum Gasteiger partial charge on any atom is -0.126 e. The van der Waals surface area contributed by atoms with Gasteiger partial charge in [-0.15, -0.1) is 92.8 Å². The highest BCUT2D eigenvalue weighted by molar-refractivity contribution is 6.47. The molecule has 0 N–H and O–H groups in total. The molecule has 4 atom stereocenters. The van der Waals surface area contributed by atoms with Crippen molar-refractivity contribution in [1.29, 1.82) is 0 Å². The lowest BCUT2D eigenvalue weighted by molar-refractivity contribution is 0.159. The molecule has 4 unspecified atom stereocenters. The zero-order valence-electron chi connectivity index (χ0n) is 8.90. The SMILES string of the molecule is ClCC1(CCl)C2C(Cl)C(Cl)C1(C(Cl)Cl)C(Cl)C2Cl. The first-order valence-corrected chi connectivity index (χ1v) is 8.98. The van der Waals surface area contributed by atoms with Gasteiger partial charge in [-0.25, -0.2) is 0 Å². The Labute approximate surface area is 146 Å². The maximum absolute atomic E-state index is 6.45. The largest absolute Gasteiger partial charge is 0.126 e. The fourth-order valence-electron chi connectivity index (χ4n) is 3.57. The molecular weight excluding hydrogens is 404 g/mol. The van der Waals surface area contributed by atoms with E-state index in [4.69, 9.17) is 92.8 Å². The second-order valence-electron chi connectivity index (χ2n) is 4.88. The summed E-state index contributed by atoms with van der Waals surface area (Å²) in [5, 5.41) is -1.83. The number of halogens is 8. The molecule has 0 aromatic carbocycles. The van der Waals surface area contributed by atoms with Crippen molar-refractivity contribution in [3.8, 4) is 0 Å². The smallest absolute Gasteiger partial charge is 0.117 e. The van der Waals surface area contributed by atoms with Gasteiger partial charge in [0.05, 0.1) is 21.5 Å². The number of hydrogen-bond acceptors (Lipinski definition) is 0. The molecule has 0 saturated heterocycles. The molecule has 0 aromatic heterocycles. The van der Waals surface area contributed by atoms with Crippen molar-refractivity contribution in [2.24, 2.45) is 16.7 Å². The highest BCUT2D eigenvalue weighted by Crippen LogP contribution is 2.74. The lowest BCUT2D eigenvalue weighted by atomic mass is 9.70. The van der Waals surface area contributed by atoms with E-state index in [2.05, 4.69) is 0 Å². The second-order valence-corrected chi connectivity index (χ2v) is 8.45. The first-order chi connectivity index (χ1) is 8.32. The van der Waals surface area contributed by atoms with Gasteiger partial charge in [0.25, 0.3) is 0 Å². The summed E-state index contributed by atoms with van der Waals surface area (Å²) in [4.78, 5) is -0.838. The van der Waals surface area contributed by atoms with Gasteiger partial charge < -0.3 is 0 Å². The molecule has 0 aromatic rings. The molecule has 0 amide bonds. The Hall–Kier alpha value is 2.32. The van der Waals surface area contributed by atoms with E-state index >= 15 is 0 Å². The third-order valence-corrected chi connectivity index (χ3v) is 8.74. The zero-order chi connectivity index (χ0) is 13.9. The summed E-state index contributed by atoms with van der Waals surface area (Å²) >= 11 is 50.4. The molecule has 2 aliphatic carbocycles. The molecule has 0 heterocycles. The summed E-state index contributed by atoms with van der Waals surface area (Å²) in [6, 6.07) is 0. The van der Waals surface area contributed by atoms with Gasteiger partial charge in [0.1, 0.15) is 4.84 Å². The molecule has 18 heavy (non-hydrogen) atoms. The molecule has 106 valence electrons. The predicted molar refractivity (Wildman–Crippen MR) is 83.9 cm³/mol. The van der Waals surface area contributed by atoms with E-state index in [9.17, 15) is 0 Å². The third-order valence-electron chi connectivity index (χ3n) is 4.50. The predicted octanol–water partition coefficient (Wildman–Crippen LogP) is 5.31. The van der Waals surface area contributed by atoms with Crippen LogP contribution >= 0.6 is 92.8 Å². The molecule has 2 bridgehead atoms. The summed E-state index contributed by atoms with van der Waals surface area (Å²) in [7, 11) is 0. The Balaban J connectivity index is 2.66. The van der Waals surface area contributed by atoms with E-state index in [1.54, 1.807) is 0 Å². The van der Waals surface area contributed by atoms with Crippen LogP contribution in [0.15, 0.2) is 0 Å². The summed E-state index contributed by atoms with van der Waals surface area (Å²) in [5.74, 6) is 0.229. The van der Waals surface area contributed by atoms with E-state index in [0.717, 1.165) is 0 Å². The summed E-state index contributed by atoms with van der Waals surface area (Å²) in [5.41, 5.74) is -1.53. The van der Waals surface area contributed by atoms with Crippen LogP contribution in [0, 0.1) is 16.7 Å². The van der Waals surface area contributed by atoms with E-state index in [0.29, 0.717) is 0 Å². The zero-order valence-corrected chi connectivity index (χ0v) is 14.9. The van der Waals surface area contributed by atoms with Crippen molar-refractivity contribution in [3.63, 3.8) is 0 Å². The van der Waals surface area contributed by atoms with Crippen molar-refractivity contribution in [2.45, 2.75) is 26.3 Å². The molecule has 2 saturated carbocycles. The molecule has 0 spiro atoms. The lowest BCUT2D eigenvalue weighted by Gasteiger charge is -2.45. The number of fused-ring (bicyclic) bond motifs is 2. The number of rotatable bonds is 3. The van der Waals surface area contributed by atoms with E-state index in [1.807, 2.05) is 0 Å². The van der Waals surface area contributed by atoms with E-state index in [-0.39, 0.29) is 17.7 Å². The van der Waals surface area contributed by atoms with Crippen molar-refractivity contribution in [3.05, 3.63) is 0 Å². The average Bonchev–Trinajstić information content (AvgIpc) is 2.66. The van der Waals surface area contributed by atoms with E-state index < -0.39 is 37.2 Å². The van der Waals surface area contributed by atoms with Crippen molar-refractivity contribution < 1.29 is 0 Å². The maximum atomic E-state index is 6.45. The highest BCUT2D eigenvalue weighted by atomic mass is 35.5. The van der Waals surface area contributed by atoms with Gasteiger partial charge in [0.2, 0.25) is 0 Å². The Morgan fingerprint density at radius 2 is 1.22 bits per heavy atom. The highest BCUT2D eigenvalue weighted by Gasteiger charge is 2.80. The van der Waals surface area contributed by atoms with Crippen LogP contribution in [0.4, 0.5) is 0 Å². The van der Waals surface area contributed by atoms with Crippen LogP contribution in [0.3, 0.4) is 0 Å². The van der Waals surface area contributed by atoms with Gasteiger partial charge in [0.15, 0.2) is 0 Å². The fourth-order valence-corrected chi connectivity index (χ4v) is 8.53. The van der Waals surface area contributed by atoms with Gasteiger partial charge in [-0.2, -0.15) is 0 Å². The first kappa shape index (κ1) is 16.7.